The zero-order chi connectivity index (χ0) is 31.6. The van der Waals surface area contributed by atoms with Crippen LogP contribution in [0.15, 0.2) is 47.6 Å². The van der Waals surface area contributed by atoms with Gasteiger partial charge in [0.2, 0.25) is 0 Å². The molecule has 1 aromatic heterocycles. The lowest BCUT2D eigenvalue weighted by atomic mass is 10.1. The van der Waals surface area contributed by atoms with Gasteiger partial charge in [-0.1, -0.05) is 29.9 Å². The van der Waals surface area contributed by atoms with E-state index in [9.17, 15) is 29.6 Å². The van der Waals surface area contributed by atoms with E-state index in [1.165, 1.54) is 18.3 Å². The van der Waals surface area contributed by atoms with Crippen LogP contribution in [-0.4, -0.2) is 69.1 Å². The summed E-state index contributed by atoms with van der Waals surface area (Å²) in [4.78, 5) is 52.4. The van der Waals surface area contributed by atoms with Crippen molar-refractivity contribution in [2.75, 3.05) is 19.0 Å². The summed E-state index contributed by atoms with van der Waals surface area (Å²) in [5.41, 5.74) is -0.681. The number of hydrogen-bond donors (Lipinski definition) is 3. The highest BCUT2D eigenvalue weighted by atomic mass is 33.1. The predicted octanol–water partition coefficient (Wildman–Crippen LogP) is 4.02. The zero-order valence-corrected chi connectivity index (χ0v) is 26.0. The molecule has 2 amide bonds. The average molecular weight is 637 g/mol. The van der Waals surface area contributed by atoms with Crippen LogP contribution < -0.4 is 15.4 Å². The van der Waals surface area contributed by atoms with E-state index < -0.39 is 28.6 Å². The third kappa shape index (κ3) is 10.6. The number of alkyl carbamates (subject to hydrolysis) is 1. The largest absolute Gasteiger partial charge is 0.484 e. The van der Waals surface area contributed by atoms with Gasteiger partial charge in [0, 0.05) is 36.1 Å². The number of carbonyl (C=O) groups is 3. The average Bonchev–Trinajstić information content (AvgIpc) is 3.66. The molecule has 43 heavy (non-hydrogen) atoms. The number of aliphatic hydroxyl groups excluding tert-OH is 1. The molecule has 1 fully saturated rings. The van der Waals surface area contributed by atoms with E-state index in [1.807, 2.05) is 6.92 Å². The summed E-state index contributed by atoms with van der Waals surface area (Å²) < 4.78 is 16.3. The molecular formula is C28H36N4O9S2. The Labute approximate surface area is 257 Å². The maximum absolute atomic E-state index is 12.9. The fourth-order valence-corrected chi connectivity index (χ4v) is 6.26. The molecule has 2 aromatic rings. The van der Waals surface area contributed by atoms with Crippen molar-refractivity contribution >= 4 is 45.2 Å². The summed E-state index contributed by atoms with van der Waals surface area (Å²) in [5.74, 6) is -0.455. The Kier molecular flexibility index (Phi) is 12.0. The van der Waals surface area contributed by atoms with Crippen LogP contribution in [-0.2, 0) is 25.7 Å². The third-order valence-corrected chi connectivity index (χ3v) is 8.74. The number of ether oxygens (including phenoxy) is 3. The molecule has 0 aliphatic heterocycles. The molecule has 15 heteroatoms. The van der Waals surface area contributed by atoms with Crippen LogP contribution in [0, 0.1) is 16.0 Å². The zero-order valence-electron chi connectivity index (χ0n) is 24.4. The van der Waals surface area contributed by atoms with Crippen molar-refractivity contribution in [2.45, 2.75) is 69.4 Å². The smallest absolute Gasteiger partial charge is 0.408 e. The topological polar surface area (TPSA) is 179 Å². The Morgan fingerprint density at radius 2 is 1.95 bits per heavy atom. The molecule has 13 nitrogen and oxygen atoms in total. The highest BCUT2D eigenvalue weighted by Crippen LogP contribution is 2.45. The normalized spacial score (nSPS) is 18.2. The minimum Gasteiger partial charge on any atom is -0.484 e. The molecule has 3 atom stereocenters. The van der Waals surface area contributed by atoms with Gasteiger partial charge in [0.15, 0.2) is 11.6 Å². The second kappa shape index (κ2) is 15.3. The number of pyridine rings is 1. The third-order valence-electron chi connectivity index (χ3n) is 6.44. The molecule has 0 bridgehead atoms. The van der Waals surface area contributed by atoms with E-state index >= 15 is 0 Å². The number of benzene rings is 1. The fourth-order valence-electron chi connectivity index (χ4n) is 4.06. The standard InChI is InChI=1S/C28H36N4O9S2/c1-5-28(13-19(28)14-33)31-23(34)16-39-20-10-8-18(9-11-20)15-40-25(35)21(30-26(36)41-27(2,3)4)17-42-43-24-22(32(37)38)7-6-12-29-24/h6-12,19,21,33H,5,13-17H2,1-4H3,(H,30,36)(H,31,34). The lowest BCUT2D eigenvalue weighted by molar-refractivity contribution is -0.388. The lowest BCUT2D eigenvalue weighted by Gasteiger charge is -2.22. The number of amides is 2. The quantitative estimate of drug-likeness (QED) is 0.111. The molecule has 0 radical (unpaired) electrons. The fraction of sp³-hybridized carbons (Fsp3) is 0.500. The molecular weight excluding hydrogens is 600 g/mol. The van der Waals surface area contributed by atoms with E-state index in [4.69, 9.17) is 14.2 Å². The molecule has 1 aliphatic carbocycles. The minimum absolute atomic E-state index is 0.0175. The Hall–Kier alpha value is -3.56. The molecule has 3 unspecified atom stereocenters. The molecule has 0 spiro atoms. The second-order valence-corrected chi connectivity index (χ2v) is 13.2. The Morgan fingerprint density at radius 3 is 2.56 bits per heavy atom. The van der Waals surface area contributed by atoms with Crippen LogP contribution in [0.25, 0.3) is 0 Å². The van der Waals surface area contributed by atoms with E-state index in [-0.39, 0.29) is 53.7 Å². The number of hydrogen-bond acceptors (Lipinski definition) is 12. The van der Waals surface area contributed by atoms with Crippen LogP contribution in [0.3, 0.4) is 0 Å². The van der Waals surface area contributed by atoms with Crippen LogP contribution in [0.1, 0.15) is 46.1 Å². The number of carbonyl (C=O) groups excluding carboxylic acids is 3. The second-order valence-electron chi connectivity index (χ2n) is 10.8. The van der Waals surface area contributed by atoms with Gasteiger partial charge in [-0.2, -0.15) is 0 Å². The van der Waals surface area contributed by atoms with Gasteiger partial charge in [-0.25, -0.2) is 14.6 Å². The summed E-state index contributed by atoms with van der Waals surface area (Å²) in [6, 6.07) is 8.31. The number of nitro groups is 1. The summed E-state index contributed by atoms with van der Waals surface area (Å²) in [6.07, 6.45) is 2.09. The molecule has 3 rings (SSSR count). The van der Waals surface area contributed by atoms with Crippen LogP contribution in [0.5, 0.6) is 5.75 Å². The number of nitrogens with one attached hydrogen (secondary N) is 2. The molecule has 1 saturated carbocycles. The summed E-state index contributed by atoms with van der Waals surface area (Å²) in [7, 11) is 2.10. The van der Waals surface area contributed by atoms with Gasteiger partial charge in [0.05, 0.1) is 4.92 Å². The van der Waals surface area contributed by atoms with Gasteiger partial charge >= 0.3 is 17.7 Å². The Morgan fingerprint density at radius 1 is 1.23 bits per heavy atom. The van der Waals surface area contributed by atoms with Crippen molar-refractivity contribution in [2.24, 2.45) is 5.92 Å². The van der Waals surface area contributed by atoms with E-state index in [2.05, 4.69) is 15.6 Å². The van der Waals surface area contributed by atoms with Crippen LogP contribution in [0.2, 0.25) is 0 Å². The number of aliphatic hydroxyl groups is 1. The summed E-state index contributed by atoms with van der Waals surface area (Å²) in [5, 5.41) is 26.2. The first-order valence-electron chi connectivity index (χ1n) is 13.5. The maximum atomic E-state index is 12.9. The van der Waals surface area contributed by atoms with Gasteiger partial charge in [-0.15, -0.1) is 0 Å². The Balaban J connectivity index is 1.53. The minimum atomic E-state index is -1.11. The SMILES string of the molecule is CCC1(NC(=O)COc2ccc(COC(=O)C(CSSc3ncccc3[N+](=O)[O-])NC(=O)OC(C)(C)C)cc2)CC1CO. The van der Waals surface area contributed by atoms with Crippen molar-refractivity contribution < 1.29 is 38.6 Å². The molecule has 234 valence electrons. The van der Waals surface area contributed by atoms with Gasteiger partial charge in [0.1, 0.15) is 24.0 Å². The first kappa shape index (κ1) is 33.9. The van der Waals surface area contributed by atoms with Crippen molar-refractivity contribution in [1.29, 1.82) is 0 Å². The molecule has 1 aliphatic rings. The van der Waals surface area contributed by atoms with Crippen molar-refractivity contribution in [3.63, 3.8) is 0 Å². The first-order valence-corrected chi connectivity index (χ1v) is 15.9. The number of esters is 1. The van der Waals surface area contributed by atoms with Crippen molar-refractivity contribution in [3.8, 4) is 5.75 Å². The van der Waals surface area contributed by atoms with Gasteiger partial charge in [-0.3, -0.25) is 14.9 Å². The number of nitrogens with zero attached hydrogens (tertiary/aromatic N) is 2. The van der Waals surface area contributed by atoms with Gasteiger partial charge < -0.3 is 30.0 Å². The van der Waals surface area contributed by atoms with Gasteiger partial charge in [-0.05, 0) is 68.2 Å². The monoisotopic (exact) mass is 636 g/mol. The summed E-state index contributed by atoms with van der Waals surface area (Å²) in [6.45, 7) is 6.78. The molecule has 3 N–H and O–H groups in total. The van der Waals surface area contributed by atoms with E-state index in [1.54, 1.807) is 45.0 Å². The maximum Gasteiger partial charge on any atom is 0.408 e. The van der Waals surface area contributed by atoms with Gasteiger partial charge in [0.25, 0.3) is 5.91 Å². The van der Waals surface area contributed by atoms with Crippen molar-refractivity contribution in [3.05, 3.63) is 58.3 Å². The summed E-state index contributed by atoms with van der Waals surface area (Å²) >= 11 is 0. The van der Waals surface area contributed by atoms with Crippen molar-refractivity contribution in [1.82, 2.24) is 15.6 Å². The molecule has 1 aromatic carbocycles. The highest BCUT2D eigenvalue weighted by molar-refractivity contribution is 8.76. The lowest BCUT2D eigenvalue weighted by Crippen LogP contribution is -2.45. The highest BCUT2D eigenvalue weighted by Gasteiger charge is 2.53. The molecule has 0 saturated heterocycles. The molecule has 1 heterocycles. The Bertz CT molecular complexity index is 1290. The number of rotatable bonds is 15. The number of aromatic nitrogens is 1. The van der Waals surface area contributed by atoms with E-state index in [0.29, 0.717) is 11.3 Å². The predicted molar refractivity (Wildman–Crippen MR) is 160 cm³/mol. The van der Waals surface area contributed by atoms with Crippen LogP contribution in [0.4, 0.5) is 10.5 Å². The van der Waals surface area contributed by atoms with E-state index in [0.717, 1.165) is 34.4 Å². The van der Waals surface area contributed by atoms with Crippen LogP contribution >= 0.6 is 21.6 Å². The first-order chi connectivity index (χ1) is 20.4.